The summed E-state index contributed by atoms with van der Waals surface area (Å²) in [5, 5.41) is 9.44. The molecule has 0 N–H and O–H groups in total. The third-order valence-electron chi connectivity index (χ3n) is 5.29. The van der Waals surface area contributed by atoms with Gasteiger partial charge in [-0.15, -0.1) is 10.2 Å². The number of thioether (sulfide) groups is 1. The minimum absolute atomic E-state index is 0.130. The summed E-state index contributed by atoms with van der Waals surface area (Å²) in [4.78, 5) is 14.6. The molecule has 1 aliphatic heterocycles. The van der Waals surface area contributed by atoms with Crippen molar-refractivity contribution in [3.05, 3.63) is 29.8 Å². The number of nitrogens with zero attached hydrogens (tertiary/aromatic N) is 4. The third kappa shape index (κ3) is 4.54. The number of aromatic nitrogens is 3. The van der Waals surface area contributed by atoms with Gasteiger partial charge in [-0.05, 0) is 37.2 Å². The fraction of sp³-hybridized carbons (Fsp3) is 0.571. The fourth-order valence-corrected chi connectivity index (χ4v) is 4.29. The zero-order valence-corrected chi connectivity index (χ0v) is 17.8. The van der Waals surface area contributed by atoms with Gasteiger partial charge in [0.1, 0.15) is 0 Å². The molecule has 0 saturated carbocycles. The molecular weight excluding hydrogens is 356 g/mol. The molecule has 1 atom stereocenters. The summed E-state index contributed by atoms with van der Waals surface area (Å²) in [7, 11) is 1.96. The van der Waals surface area contributed by atoms with Crippen molar-refractivity contribution in [2.75, 3.05) is 12.3 Å². The van der Waals surface area contributed by atoms with E-state index in [2.05, 4.69) is 62.2 Å². The Morgan fingerprint density at radius 3 is 2.52 bits per heavy atom. The molecule has 0 bridgehead atoms. The molecule has 1 aromatic heterocycles. The number of carbonyl (C=O) groups excluding carboxylic acids is 1. The van der Waals surface area contributed by atoms with Crippen molar-refractivity contribution in [2.24, 2.45) is 7.05 Å². The lowest BCUT2D eigenvalue weighted by Gasteiger charge is -2.33. The molecule has 1 unspecified atom stereocenters. The third-order valence-corrected chi connectivity index (χ3v) is 6.30. The second-order valence-corrected chi connectivity index (χ2v) is 9.36. The molecule has 146 valence electrons. The van der Waals surface area contributed by atoms with Gasteiger partial charge in [0.25, 0.3) is 0 Å². The Labute approximate surface area is 166 Å². The zero-order valence-electron chi connectivity index (χ0n) is 17.0. The first-order valence-electron chi connectivity index (χ1n) is 9.70. The van der Waals surface area contributed by atoms with E-state index in [1.165, 1.54) is 23.7 Å². The molecular formula is C21H30N4OS. The molecule has 5 nitrogen and oxygen atoms in total. The van der Waals surface area contributed by atoms with Crippen molar-refractivity contribution in [3.63, 3.8) is 0 Å². The van der Waals surface area contributed by atoms with Crippen molar-refractivity contribution in [1.29, 1.82) is 0 Å². The van der Waals surface area contributed by atoms with Gasteiger partial charge < -0.3 is 9.47 Å². The molecule has 3 rings (SSSR count). The maximum absolute atomic E-state index is 12.5. The summed E-state index contributed by atoms with van der Waals surface area (Å²) < 4.78 is 1.98. The number of benzene rings is 1. The Morgan fingerprint density at radius 2 is 1.89 bits per heavy atom. The predicted molar refractivity (Wildman–Crippen MR) is 111 cm³/mol. The molecule has 1 aliphatic rings. The quantitative estimate of drug-likeness (QED) is 0.736. The lowest BCUT2D eigenvalue weighted by molar-refractivity contribution is -0.131. The lowest BCUT2D eigenvalue weighted by atomic mass is 9.87. The predicted octanol–water partition coefficient (Wildman–Crippen LogP) is 4.27. The van der Waals surface area contributed by atoms with Crippen LogP contribution in [0.1, 0.15) is 52.5 Å². The van der Waals surface area contributed by atoms with E-state index in [9.17, 15) is 4.79 Å². The summed E-state index contributed by atoms with van der Waals surface area (Å²) in [6.07, 6.45) is 3.44. The summed E-state index contributed by atoms with van der Waals surface area (Å²) in [5.41, 5.74) is 2.47. The van der Waals surface area contributed by atoms with E-state index in [1.54, 1.807) is 0 Å². The van der Waals surface area contributed by atoms with Gasteiger partial charge in [0, 0.05) is 25.2 Å². The van der Waals surface area contributed by atoms with Crippen LogP contribution in [0.25, 0.3) is 11.4 Å². The van der Waals surface area contributed by atoms with Gasteiger partial charge in [-0.3, -0.25) is 4.79 Å². The highest BCUT2D eigenvalue weighted by atomic mass is 32.2. The Bertz CT molecular complexity index is 792. The minimum Gasteiger partial charge on any atom is -0.339 e. The molecule has 0 spiro atoms. The van der Waals surface area contributed by atoms with Gasteiger partial charge in [-0.1, -0.05) is 56.8 Å². The highest BCUT2D eigenvalue weighted by Gasteiger charge is 2.24. The van der Waals surface area contributed by atoms with Crippen LogP contribution in [-0.2, 0) is 17.3 Å². The van der Waals surface area contributed by atoms with E-state index in [4.69, 9.17) is 0 Å². The topological polar surface area (TPSA) is 51.0 Å². The minimum atomic E-state index is 0.130. The highest BCUT2D eigenvalue weighted by Crippen LogP contribution is 2.27. The Balaban J connectivity index is 1.67. The van der Waals surface area contributed by atoms with E-state index >= 15 is 0 Å². The van der Waals surface area contributed by atoms with Crippen LogP contribution in [-0.4, -0.2) is 43.9 Å². The van der Waals surface area contributed by atoms with Crippen LogP contribution in [0.5, 0.6) is 0 Å². The molecule has 2 heterocycles. The van der Waals surface area contributed by atoms with Crippen molar-refractivity contribution in [1.82, 2.24) is 19.7 Å². The maximum atomic E-state index is 12.5. The second kappa shape index (κ2) is 8.05. The number of amides is 1. The smallest absolute Gasteiger partial charge is 0.233 e. The van der Waals surface area contributed by atoms with Crippen LogP contribution in [0.2, 0.25) is 0 Å². The number of hydrogen-bond donors (Lipinski definition) is 0. The molecule has 0 aliphatic carbocycles. The lowest BCUT2D eigenvalue weighted by Crippen LogP contribution is -2.42. The summed E-state index contributed by atoms with van der Waals surface area (Å²) in [6.45, 7) is 9.64. The first kappa shape index (κ1) is 19.9. The Hall–Kier alpha value is -1.82. The van der Waals surface area contributed by atoms with E-state index in [-0.39, 0.29) is 11.3 Å². The second-order valence-electron chi connectivity index (χ2n) is 8.41. The van der Waals surface area contributed by atoms with Crippen LogP contribution in [0.3, 0.4) is 0 Å². The fourth-order valence-electron chi connectivity index (χ4n) is 3.49. The van der Waals surface area contributed by atoms with Gasteiger partial charge in [-0.25, -0.2) is 0 Å². The number of piperidine rings is 1. The Kier molecular flexibility index (Phi) is 5.94. The van der Waals surface area contributed by atoms with Crippen molar-refractivity contribution in [3.8, 4) is 11.4 Å². The van der Waals surface area contributed by atoms with Crippen molar-refractivity contribution in [2.45, 2.75) is 63.6 Å². The average molecular weight is 387 g/mol. The monoisotopic (exact) mass is 386 g/mol. The van der Waals surface area contributed by atoms with E-state index in [0.717, 1.165) is 35.9 Å². The Morgan fingerprint density at radius 1 is 1.19 bits per heavy atom. The largest absolute Gasteiger partial charge is 0.339 e. The van der Waals surface area contributed by atoms with Crippen LogP contribution < -0.4 is 0 Å². The van der Waals surface area contributed by atoms with Crippen LogP contribution in [0, 0.1) is 0 Å². The summed E-state index contributed by atoms with van der Waals surface area (Å²) >= 11 is 1.47. The molecule has 6 heteroatoms. The van der Waals surface area contributed by atoms with Crippen LogP contribution >= 0.6 is 11.8 Å². The van der Waals surface area contributed by atoms with Gasteiger partial charge in [-0.2, -0.15) is 0 Å². The van der Waals surface area contributed by atoms with Crippen LogP contribution in [0.15, 0.2) is 29.4 Å². The number of rotatable bonds is 4. The van der Waals surface area contributed by atoms with Gasteiger partial charge in [0.05, 0.1) is 5.75 Å². The molecule has 1 amide bonds. The van der Waals surface area contributed by atoms with Gasteiger partial charge in [0.2, 0.25) is 5.91 Å². The van der Waals surface area contributed by atoms with Crippen LogP contribution in [0.4, 0.5) is 0 Å². The normalized spacial score (nSPS) is 18.0. The number of hydrogen-bond acceptors (Lipinski definition) is 4. The van der Waals surface area contributed by atoms with E-state index in [0.29, 0.717) is 11.8 Å². The standard InChI is InChI=1S/C21H30N4OS/c1-15-8-6-7-13-25(15)18(26)14-27-20-23-22-19(24(20)5)16-9-11-17(12-10-16)21(2,3)4/h9-12,15H,6-8,13-14H2,1-5H3. The molecule has 1 fully saturated rings. The zero-order chi connectivity index (χ0) is 19.6. The first-order valence-corrected chi connectivity index (χ1v) is 10.7. The molecule has 27 heavy (non-hydrogen) atoms. The first-order chi connectivity index (χ1) is 12.8. The van der Waals surface area contributed by atoms with E-state index < -0.39 is 0 Å². The SMILES string of the molecule is CC1CCCCN1C(=O)CSc1nnc(-c2ccc(C(C)(C)C)cc2)n1C. The van der Waals surface area contributed by atoms with Crippen molar-refractivity contribution >= 4 is 17.7 Å². The molecule has 1 aromatic carbocycles. The molecule has 2 aromatic rings. The van der Waals surface area contributed by atoms with Crippen molar-refractivity contribution < 1.29 is 4.79 Å². The summed E-state index contributed by atoms with van der Waals surface area (Å²) in [6, 6.07) is 8.85. The number of carbonyl (C=O) groups is 1. The number of likely N-dealkylation sites (tertiary alicyclic amines) is 1. The van der Waals surface area contributed by atoms with Gasteiger partial charge in [0.15, 0.2) is 11.0 Å². The average Bonchev–Trinajstić information content (AvgIpc) is 3.00. The molecule has 0 radical (unpaired) electrons. The molecule has 1 saturated heterocycles. The van der Waals surface area contributed by atoms with E-state index in [1.807, 2.05) is 16.5 Å². The highest BCUT2D eigenvalue weighted by molar-refractivity contribution is 7.99. The van der Waals surface area contributed by atoms with Gasteiger partial charge >= 0.3 is 0 Å². The summed E-state index contributed by atoms with van der Waals surface area (Å²) in [5.74, 6) is 1.45. The maximum Gasteiger partial charge on any atom is 0.233 e.